The van der Waals surface area contributed by atoms with Crippen molar-refractivity contribution in [3.05, 3.63) is 64.4 Å². The van der Waals surface area contributed by atoms with Crippen LogP contribution in [0.15, 0.2) is 42.5 Å². The van der Waals surface area contributed by atoms with Crippen LogP contribution in [0, 0.1) is 12.7 Å². The number of hydrogen-bond donors (Lipinski definition) is 1. The van der Waals surface area contributed by atoms with Crippen molar-refractivity contribution in [2.75, 3.05) is 6.54 Å². The van der Waals surface area contributed by atoms with E-state index in [2.05, 4.69) is 0 Å². The molecule has 1 unspecified atom stereocenters. The Labute approximate surface area is 117 Å². The van der Waals surface area contributed by atoms with Gasteiger partial charge in [-0.15, -0.1) is 0 Å². The Bertz CT molecular complexity index is 574. The molecule has 0 spiro atoms. The van der Waals surface area contributed by atoms with E-state index in [4.69, 9.17) is 22.1 Å². The molecule has 0 aliphatic rings. The van der Waals surface area contributed by atoms with Crippen molar-refractivity contribution in [3.63, 3.8) is 0 Å². The molecule has 0 heterocycles. The highest BCUT2D eigenvalue weighted by Gasteiger charge is 2.14. The zero-order valence-corrected chi connectivity index (χ0v) is 11.3. The number of rotatable bonds is 4. The lowest BCUT2D eigenvalue weighted by Crippen LogP contribution is -2.19. The van der Waals surface area contributed by atoms with Crippen LogP contribution < -0.4 is 10.5 Å². The highest BCUT2D eigenvalue weighted by atomic mass is 35.5. The molecule has 0 saturated carbocycles. The van der Waals surface area contributed by atoms with E-state index in [-0.39, 0.29) is 11.1 Å². The van der Waals surface area contributed by atoms with Crippen molar-refractivity contribution in [2.45, 2.75) is 13.0 Å². The molecule has 0 aliphatic heterocycles. The first-order chi connectivity index (χ1) is 9.11. The number of ether oxygens (including phenoxy) is 1. The van der Waals surface area contributed by atoms with Crippen molar-refractivity contribution in [3.8, 4) is 5.75 Å². The van der Waals surface area contributed by atoms with Gasteiger partial charge < -0.3 is 10.5 Å². The molecule has 0 fully saturated rings. The van der Waals surface area contributed by atoms with E-state index in [0.29, 0.717) is 12.3 Å². The summed E-state index contributed by atoms with van der Waals surface area (Å²) in [5.74, 6) is -0.0830. The highest BCUT2D eigenvalue weighted by molar-refractivity contribution is 6.30. The van der Waals surface area contributed by atoms with Crippen molar-refractivity contribution >= 4 is 11.6 Å². The summed E-state index contributed by atoms with van der Waals surface area (Å²) in [5, 5.41) is 0.0764. The quantitative estimate of drug-likeness (QED) is 0.922. The first-order valence-corrected chi connectivity index (χ1v) is 6.37. The molecule has 0 bridgehead atoms. The molecule has 2 N–H and O–H groups in total. The van der Waals surface area contributed by atoms with E-state index in [9.17, 15) is 4.39 Å². The first kappa shape index (κ1) is 13.8. The SMILES string of the molecule is Cc1ccccc1C(CN)Oc1ccc(Cl)c(F)c1. The van der Waals surface area contributed by atoms with Gasteiger partial charge in [0.15, 0.2) is 0 Å². The lowest BCUT2D eigenvalue weighted by Gasteiger charge is -2.19. The molecule has 0 aromatic heterocycles. The van der Waals surface area contributed by atoms with Crippen LogP contribution in [-0.4, -0.2) is 6.54 Å². The van der Waals surface area contributed by atoms with Gasteiger partial charge in [0.1, 0.15) is 17.7 Å². The Morgan fingerprint density at radius 1 is 1.26 bits per heavy atom. The summed E-state index contributed by atoms with van der Waals surface area (Å²) in [6.07, 6.45) is -0.304. The molecule has 2 rings (SSSR count). The summed E-state index contributed by atoms with van der Waals surface area (Å²) in [5.41, 5.74) is 7.84. The molecule has 100 valence electrons. The van der Waals surface area contributed by atoms with Crippen LogP contribution in [0.2, 0.25) is 5.02 Å². The second kappa shape index (κ2) is 6.04. The average molecular weight is 280 g/mol. The normalized spacial score (nSPS) is 12.2. The third kappa shape index (κ3) is 3.25. The van der Waals surface area contributed by atoms with E-state index in [1.54, 1.807) is 6.07 Å². The summed E-state index contributed by atoms with van der Waals surface area (Å²) in [6.45, 7) is 2.30. The molecule has 0 aliphatic carbocycles. The second-order valence-electron chi connectivity index (χ2n) is 4.27. The molecule has 0 amide bonds. The molecule has 2 aromatic rings. The smallest absolute Gasteiger partial charge is 0.145 e. The summed E-state index contributed by atoms with van der Waals surface area (Å²) in [7, 11) is 0. The van der Waals surface area contributed by atoms with E-state index in [1.165, 1.54) is 12.1 Å². The van der Waals surface area contributed by atoms with Crippen molar-refractivity contribution in [2.24, 2.45) is 5.73 Å². The van der Waals surface area contributed by atoms with E-state index >= 15 is 0 Å². The van der Waals surface area contributed by atoms with E-state index in [0.717, 1.165) is 11.1 Å². The fraction of sp³-hybridized carbons (Fsp3) is 0.200. The fourth-order valence-electron chi connectivity index (χ4n) is 1.90. The number of halogens is 2. The van der Waals surface area contributed by atoms with Gasteiger partial charge >= 0.3 is 0 Å². The summed E-state index contributed by atoms with van der Waals surface area (Å²) in [4.78, 5) is 0. The monoisotopic (exact) mass is 279 g/mol. The molecular weight excluding hydrogens is 265 g/mol. The molecule has 2 nitrogen and oxygen atoms in total. The Kier molecular flexibility index (Phi) is 4.40. The molecule has 1 atom stereocenters. The fourth-order valence-corrected chi connectivity index (χ4v) is 2.02. The Balaban J connectivity index is 2.24. The minimum atomic E-state index is -0.500. The summed E-state index contributed by atoms with van der Waals surface area (Å²) in [6, 6.07) is 12.2. The highest BCUT2D eigenvalue weighted by Crippen LogP contribution is 2.26. The third-order valence-corrected chi connectivity index (χ3v) is 3.23. The Hall–Kier alpha value is -1.58. The Morgan fingerprint density at radius 2 is 2.00 bits per heavy atom. The van der Waals surface area contributed by atoms with Crippen LogP contribution >= 0.6 is 11.6 Å². The predicted molar refractivity (Wildman–Crippen MR) is 75.0 cm³/mol. The van der Waals surface area contributed by atoms with Crippen molar-refractivity contribution in [1.29, 1.82) is 0 Å². The van der Waals surface area contributed by atoms with Gasteiger partial charge in [-0.25, -0.2) is 4.39 Å². The van der Waals surface area contributed by atoms with Crippen molar-refractivity contribution < 1.29 is 9.13 Å². The summed E-state index contributed by atoms with van der Waals surface area (Å²) < 4.78 is 19.1. The van der Waals surface area contributed by atoms with Crippen LogP contribution in [-0.2, 0) is 0 Å². The standard InChI is InChI=1S/C15H15ClFNO/c1-10-4-2-3-5-12(10)15(9-18)19-11-6-7-13(16)14(17)8-11/h2-8,15H,9,18H2,1H3. The molecule has 0 radical (unpaired) electrons. The predicted octanol–water partition coefficient (Wildman–Crippen LogP) is 3.87. The molecular formula is C15H15ClFNO. The van der Waals surface area contributed by atoms with Gasteiger partial charge in [-0.3, -0.25) is 0 Å². The minimum absolute atomic E-state index is 0.0764. The molecule has 0 saturated heterocycles. The molecule has 19 heavy (non-hydrogen) atoms. The van der Waals surface area contributed by atoms with Crippen LogP contribution in [0.1, 0.15) is 17.2 Å². The third-order valence-electron chi connectivity index (χ3n) is 2.92. The lowest BCUT2D eigenvalue weighted by atomic mass is 10.0. The van der Waals surface area contributed by atoms with E-state index in [1.807, 2.05) is 31.2 Å². The second-order valence-corrected chi connectivity index (χ2v) is 4.68. The Morgan fingerprint density at radius 3 is 2.63 bits per heavy atom. The summed E-state index contributed by atoms with van der Waals surface area (Å²) >= 11 is 5.64. The maximum Gasteiger partial charge on any atom is 0.145 e. The minimum Gasteiger partial charge on any atom is -0.484 e. The lowest BCUT2D eigenvalue weighted by molar-refractivity contribution is 0.212. The van der Waals surface area contributed by atoms with Gasteiger partial charge in [0.25, 0.3) is 0 Å². The van der Waals surface area contributed by atoms with Gasteiger partial charge in [-0.05, 0) is 30.2 Å². The van der Waals surface area contributed by atoms with Gasteiger partial charge in [0.2, 0.25) is 0 Å². The largest absolute Gasteiger partial charge is 0.484 e. The maximum absolute atomic E-state index is 13.4. The number of hydrogen-bond acceptors (Lipinski definition) is 2. The molecule has 4 heteroatoms. The van der Waals surface area contributed by atoms with Crippen LogP contribution in [0.5, 0.6) is 5.75 Å². The zero-order valence-electron chi connectivity index (χ0n) is 10.6. The van der Waals surface area contributed by atoms with Crippen LogP contribution in [0.25, 0.3) is 0 Å². The van der Waals surface area contributed by atoms with Crippen LogP contribution in [0.3, 0.4) is 0 Å². The number of nitrogens with two attached hydrogens (primary N) is 1. The van der Waals surface area contributed by atoms with Crippen molar-refractivity contribution in [1.82, 2.24) is 0 Å². The maximum atomic E-state index is 13.4. The number of benzene rings is 2. The zero-order chi connectivity index (χ0) is 13.8. The van der Waals surface area contributed by atoms with E-state index < -0.39 is 5.82 Å². The van der Waals surface area contributed by atoms with Gasteiger partial charge in [-0.2, -0.15) is 0 Å². The van der Waals surface area contributed by atoms with Gasteiger partial charge in [0.05, 0.1) is 5.02 Å². The first-order valence-electron chi connectivity index (χ1n) is 5.99. The average Bonchev–Trinajstić information content (AvgIpc) is 2.41. The van der Waals surface area contributed by atoms with Crippen LogP contribution in [0.4, 0.5) is 4.39 Å². The topological polar surface area (TPSA) is 35.2 Å². The van der Waals surface area contributed by atoms with Gasteiger partial charge in [0, 0.05) is 12.6 Å². The van der Waals surface area contributed by atoms with Gasteiger partial charge in [-0.1, -0.05) is 35.9 Å². The molecule has 2 aromatic carbocycles. The number of aryl methyl sites for hydroxylation is 1.